The quantitative estimate of drug-likeness (QED) is 0.823. The summed E-state index contributed by atoms with van der Waals surface area (Å²) in [6, 6.07) is 8.28. The molecule has 0 aliphatic heterocycles. The van der Waals surface area contributed by atoms with Gasteiger partial charge in [-0.1, -0.05) is 24.3 Å². The van der Waals surface area contributed by atoms with Crippen LogP contribution < -0.4 is 11.5 Å². The molecule has 1 saturated carbocycles. The summed E-state index contributed by atoms with van der Waals surface area (Å²) in [7, 11) is 0. The first-order chi connectivity index (χ1) is 8.54. The molecule has 0 saturated heterocycles. The minimum Gasteiger partial charge on any atom is -0.368 e. The van der Waals surface area contributed by atoms with Crippen LogP contribution in [0.3, 0.4) is 0 Å². The molecule has 0 aromatic heterocycles. The van der Waals surface area contributed by atoms with Crippen molar-refractivity contribution < 1.29 is 4.79 Å². The summed E-state index contributed by atoms with van der Waals surface area (Å²) >= 11 is 1.70. The highest BCUT2D eigenvalue weighted by Crippen LogP contribution is 2.40. The predicted octanol–water partition coefficient (Wildman–Crippen LogP) is 1.82. The van der Waals surface area contributed by atoms with E-state index >= 15 is 0 Å². The Morgan fingerprint density at radius 3 is 2.67 bits per heavy atom. The molecule has 1 unspecified atom stereocenters. The summed E-state index contributed by atoms with van der Waals surface area (Å²) in [5.41, 5.74) is 13.4. The number of rotatable bonds is 6. The van der Waals surface area contributed by atoms with Crippen LogP contribution in [0, 0.1) is 12.8 Å². The lowest BCUT2D eigenvalue weighted by molar-refractivity contribution is -0.123. The summed E-state index contributed by atoms with van der Waals surface area (Å²) < 4.78 is 0. The predicted molar refractivity (Wildman–Crippen MR) is 76.2 cm³/mol. The fraction of sp³-hybridized carbons (Fsp3) is 0.500. The second-order valence-corrected chi connectivity index (χ2v) is 6.08. The number of primary amides is 1. The van der Waals surface area contributed by atoms with Crippen molar-refractivity contribution in [1.82, 2.24) is 0 Å². The number of nitrogens with two attached hydrogens (primary N) is 2. The maximum Gasteiger partial charge on any atom is 0.238 e. The van der Waals surface area contributed by atoms with Crippen LogP contribution >= 0.6 is 11.8 Å². The van der Waals surface area contributed by atoms with Crippen LogP contribution in [0.5, 0.6) is 0 Å². The van der Waals surface area contributed by atoms with Crippen LogP contribution in [-0.4, -0.2) is 17.2 Å². The van der Waals surface area contributed by atoms with E-state index in [1.165, 1.54) is 11.1 Å². The highest BCUT2D eigenvalue weighted by Gasteiger charge is 2.46. The zero-order chi connectivity index (χ0) is 13.2. The minimum absolute atomic E-state index is 0.291. The van der Waals surface area contributed by atoms with E-state index in [1.54, 1.807) is 11.8 Å². The van der Waals surface area contributed by atoms with E-state index in [2.05, 4.69) is 19.1 Å². The van der Waals surface area contributed by atoms with E-state index < -0.39 is 5.54 Å². The normalized spacial score (nSPS) is 18.3. The molecule has 18 heavy (non-hydrogen) atoms. The van der Waals surface area contributed by atoms with Gasteiger partial charge in [-0.05, 0) is 36.8 Å². The Balaban J connectivity index is 1.91. The molecule has 4 N–H and O–H groups in total. The zero-order valence-corrected chi connectivity index (χ0v) is 11.5. The first-order valence-corrected chi connectivity index (χ1v) is 7.40. The van der Waals surface area contributed by atoms with Crippen molar-refractivity contribution in [1.29, 1.82) is 0 Å². The van der Waals surface area contributed by atoms with E-state index in [9.17, 15) is 4.79 Å². The van der Waals surface area contributed by atoms with E-state index in [4.69, 9.17) is 11.5 Å². The van der Waals surface area contributed by atoms with Crippen molar-refractivity contribution in [3.05, 3.63) is 35.4 Å². The van der Waals surface area contributed by atoms with Crippen molar-refractivity contribution in [2.45, 2.75) is 31.1 Å². The fourth-order valence-electron chi connectivity index (χ4n) is 2.09. The smallest absolute Gasteiger partial charge is 0.238 e. The van der Waals surface area contributed by atoms with Crippen LogP contribution in [0.15, 0.2) is 24.3 Å². The lowest BCUT2D eigenvalue weighted by Crippen LogP contribution is -2.56. The lowest BCUT2D eigenvalue weighted by atomic mass is 9.96. The summed E-state index contributed by atoms with van der Waals surface area (Å²) in [6.07, 6.45) is 2.06. The number of benzene rings is 1. The third-order valence-corrected chi connectivity index (χ3v) is 4.82. The zero-order valence-electron chi connectivity index (χ0n) is 10.7. The first-order valence-electron chi connectivity index (χ1n) is 6.25. The number of hydrogen-bond donors (Lipinski definition) is 2. The number of thioether (sulfide) groups is 1. The Labute approximate surface area is 112 Å². The third-order valence-electron chi connectivity index (χ3n) is 3.62. The van der Waals surface area contributed by atoms with Crippen molar-refractivity contribution in [2.75, 3.05) is 5.75 Å². The molecule has 1 aliphatic rings. The van der Waals surface area contributed by atoms with Gasteiger partial charge in [-0.2, -0.15) is 11.8 Å². The Bertz CT molecular complexity index is 445. The summed E-state index contributed by atoms with van der Waals surface area (Å²) in [4.78, 5) is 11.5. The minimum atomic E-state index is -0.812. The maximum atomic E-state index is 11.5. The van der Waals surface area contributed by atoms with Crippen LogP contribution in [0.4, 0.5) is 0 Å². The second-order valence-electron chi connectivity index (χ2n) is 5.10. The Morgan fingerprint density at radius 2 is 2.11 bits per heavy atom. The summed E-state index contributed by atoms with van der Waals surface area (Å²) in [5.74, 6) is 1.43. The Hall–Kier alpha value is -1.00. The lowest BCUT2D eigenvalue weighted by Gasteiger charge is -2.25. The van der Waals surface area contributed by atoms with Gasteiger partial charge in [-0.3, -0.25) is 4.79 Å². The number of carbonyl (C=O) groups is 1. The SMILES string of the molecule is Cc1ccccc1CSCC(N)(C(N)=O)C1CC1. The topological polar surface area (TPSA) is 69.1 Å². The van der Waals surface area contributed by atoms with Gasteiger partial charge in [0.05, 0.1) is 0 Å². The fourth-order valence-corrected chi connectivity index (χ4v) is 3.45. The molecule has 0 bridgehead atoms. The third kappa shape index (κ3) is 2.87. The second kappa shape index (κ2) is 5.33. The van der Waals surface area contributed by atoms with Crippen molar-refractivity contribution in [2.24, 2.45) is 17.4 Å². The molecule has 4 heteroatoms. The van der Waals surface area contributed by atoms with Gasteiger partial charge < -0.3 is 11.5 Å². The largest absolute Gasteiger partial charge is 0.368 e. The van der Waals surface area contributed by atoms with Crippen LogP contribution in [-0.2, 0) is 10.5 Å². The molecule has 1 aromatic rings. The molecule has 1 fully saturated rings. The Morgan fingerprint density at radius 1 is 1.44 bits per heavy atom. The van der Waals surface area contributed by atoms with Crippen LogP contribution in [0.2, 0.25) is 0 Å². The molecule has 0 radical (unpaired) electrons. The van der Waals surface area contributed by atoms with Gasteiger partial charge in [0, 0.05) is 11.5 Å². The molecule has 2 rings (SSSR count). The van der Waals surface area contributed by atoms with Crippen molar-refractivity contribution in [3.63, 3.8) is 0 Å². The molecule has 3 nitrogen and oxygen atoms in total. The number of aryl methyl sites for hydroxylation is 1. The maximum absolute atomic E-state index is 11.5. The Kier molecular flexibility index (Phi) is 3.97. The van der Waals surface area contributed by atoms with Crippen LogP contribution in [0.25, 0.3) is 0 Å². The average molecular weight is 264 g/mol. The molecule has 1 aliphatic carbocycles. The number of hydrogen-bond acceptors (Lipinski definition) is 3. The molecule has 1 aromatic carbocycles. The van der Waals surface area contributed by atoms with E-state index in [0.717, 1.165) is 18.6 Å². The highest BCUT2D eigenvalue weighted by atomic mass is 32.2. The molecular weight excluding hydrogens is 244 g/mol. The molecule has 0 spiro atoms. The number of amides is 1. The van der Waals surface area contributed by atoms with E-state index in [-0.39, 0.29) is 5.91 Å². The van der Waals surface area contributed by atoms with Gasteiger partial charge in [0.15, 0.2) is 0 Å². The number of carbonyl (C=O) groups excluding carboxylic acids is 1. The van der Waals surface area contributed by atoms with Crippen molar-refractivity contribution in [3.8, 4) is 0 Å². The van der Waals surface area contributed by atoms with E-state index in [0.29, 0.717) is 11.7 Å². The van der Waals surface area contributed by atoms with Gasteiger partial charge in [-0.15, -0.1) is 0 Å². The molecule has 98 valence electrons. The van der Waals surface area contributed by atoms with Gasteiger partial charge in [0.2, 0.25) is 5.91 Å². The molecule has 1 atom stereocenters. The molecular formula is C14H20N2OS. The summed E-state index contributed by atoms with van der Waals surface area (Å²) in [6.45, 7) is 2.10. The first kappa shape index (κ1) is 13.4. The summed E-state index contributed by atoms with van der Waals surface area (Å²) in [5, 5.41) is 0. The molecule has 1 amide bonds. The van der Waals surface area contributed by atoms with Crippen molar-refractivity contribution >= 4 is 17.7 Å². The van der Waals surface area contributed by atoms with E-state index in [1.807, 2.05) is 12.1 Å². The average Bonchev–Trinajstić information content (AvgIpc) is 3.15. The van der Waals surface area contributed by atoms with Crippen LogP contribution in [0.1, 0.15) is 24.0 Å². The van der Waals surface area contributed by atoms with Gasteiger partial charge in [0.1, 0.15) is 5.54 Å². The van der Waals surface area contributed by atoms with Gasteiger partial charge in [-0.25, -0.2) is 0 Å². The molecule has 0 heterocycles. The highest BCUT2D eigenvalue weighted by molar-refractivity contribution is 7.98. The monoisotopic (exact) mass is 264 g/mol. The van der Waals surface area contributed by atoms with Gasteiger partial charge >= 0.3 is 0 Å². The standard InChI is InChI=1S/C14H20N2OS/c1-10-4-2-3-5-11(10)8-18-9-14(16,13(15)17)12-6-7-12/h2-5,12H,6-9,16H2,1H3,(H2,15,17). The van der Waals surface area contributed by atoms with Gasteiger partial charge in [0.25, 0.3) is 0 Å².